The number of nitrogens with one attached hydrogen (secondary N) is 2. The molecule has 0 spiro atoms. The van der Waals surface area contributed by atoms with Crippen molar-refractivity contribution >= 4 is 22.8 Å². The van der Waals surface area contributed by atoms with Gasteiger partial charge in [-0.05, 0) is 44.2 Å². The first-order valence-electron chi connectivity index (χ1n) is 8.61. The van der Waals surface area contributed by atoms with E-state index in [0.717, 1.165) is 23.5 Å². The van der Waals surface area contributed by atoms with Crippen molar-refractivity contribution in [3.63, 3.8) is 0 Å². The topological polar surface area (TPSA) is 84.0 Å². The van der Waals surface area contributed by atoms with Crippen LogP contribution >= 0.6 is 0 Å². The first kappa shape index (κ1) is 19.3. The van der Waals surface area contributed by atoms with Crippen LogP contribution in [0.25, 0.3) is 11.0 Å². The molecule has 0 radical (unpaired) electrons. The molecule has 0 unspecified atom stereocenters. The molecule has 144 valence electrons. The van der Waals surface area contributed by atoms with E-state index in [-0.39, 0.29) is 24.6 Å². The second kappa shape index (κ2) is 8.08. The van der Waals surface area contributed by atoms with Crippen molar-refractivity contribution < 1.29 is 18.4 Å². The number of carbonyl (C=O) groups excluding carboxylic acids is 2. The van der Waals surface area contributed by atoms with Crippen LogP contribution in [0.4, 0.5) is 8.78 Å². The number of hydrogen-bond acceptors (Lipinski definition) is 4. The molecule has 3 rings (SSSR count). The molecule has 1 heterocycles. The zero-order chi connectivity index (χ0) is 20.3. The van der Waals surface area contributed by atoms with Crippen LogP contribution in [0.2, 0.25) is 0 Å². The molecule has 0 bridgehead atoms. The molecule has 0 aliphatic heterocycles. The number of amides is 2. The maximum Gasteiger partial charge on any atom is 0.254 e. The fourth-order valence-corrected chi connectivity index (χ4v) is 2.59. The average Bonchev–Trinajstić information content (AvgIpc) is 2.65. The lowest BCUT2D eigenvalue weighted by Gasteiger charge is -2.09. The molecule has 8 heteroatoms. The fraction of sp³-hybridized carbons (Fsp3) is 0.200. The van der Waals surface area contributed by atoms with E-state index in [2.05, 4.69) is 20.6 Å². The molecule has 1 aromatic heterocycles. The quantitative estimate of drug-likeness (QED) is 0.663. The van der Waals surface area contributed by atoms with Crippen LogP contribution in [0.3, 0.4) is 0 Å². The van der Waals surface area contributed by atoms with Crippen molar-refractivity contribution in [1.82, 2.24) is 20.6 Å². The summed E-state index contributed by atoms with van der Waals surface area (Å²) < 4.78 is 26.4. The van der Waals surface area contributed by atoms with E-state index in [0.29, 0.717) is 22.7 Å². The van der Waals surface area contributed by atoms with E-state index in [1.54, 1.807) is 18.2 Å². The predicted octanol–water partition coefficient (Wildman–Crippen LogP) is 2.68. The van der Waals surface area contributed by atoms with Crippen molar-refractivity contribution in [2.24, 2.45) is 0 Å². The van der Waals surface area contributed by atoms with Gasteiger partial charge >= 0.3 is 0 Å². The summed E-state index contributed by atoms with van der Waals surface area (Å²) in [5.74, 6) is -2.71. The van der Waals surface area contributed by atoms with Gasteiger partial charge in [0.25, 0.3) is 11.8 Å². The first-order valence-corrected chi connectivity index (χ1v) is 8.61. The predicted molar refractivity (Wildman–Crippen MR) is 100 cm³/mol. The summed E-state index contributed by atoms with van der Waals surface area (Å²) in [5, 5.41) is 5.14. The molecule has 0 saturated heterocycles. The zero-order valence-electron chi connectivity index (χ0n) is 15.3. The van der Waals surface area contributed by atoms with E-state index < -0.39 is 17.5 Å². The van der Waals surface area contributed by atoms with Gasteiger partial charge in [-0.25, -0.2) is 18.7 Å². The molecular weight excluding hydrogens is 366 g/mol. The molecule has 0 saturated carbocycles. The van der Waals surface area contributed by atoms with Gasteiger partial charge in [0, 0.05) is 24.7 Å². The lowest BCUT2D eigenvalue weighted by molar-refractivity contribution is 0.0925. The highest BCUT2D eigenvalue weighted by Crippen LogP contribution is 2.14. The highest BCUT2D eigenvalue weighted by molar-refractivity contribution is 5.97. The molecule has 0 aliphatic carbocycles. The standard InChI is InChI=1S/C20H18F2N4O2/c1-11-12(2)26-18-9-13(3-6-17(18)25-11)19(27)23-7-8-24-20(28)15-5-4-14(21)10-16(15)22/h3-6,9-10H,7-8H2,1-2H3,(H,23,27)(H,24,28). The molecule has 2 amide bonds. The number of aryl methyl sites for hydroxylation is 2. The molecule has 0 aliphatic rings. The number of aromatic nitrogens is 2. The number of hydrogen-bond donors (Lipinski definition) is 2. The summed E-state index contributed by atoms with van der Waals surface area (Å²) in [5.41, 5.74) is 3.11. The Kier molecular flexibility index (Phi) is 5.58. The Bertz CT molecular complexity index is 1070. The number of halogens is 2. The molecule has 2 aromatic carbocycles. The SMILES string of the molecule is Cc1nc2ccc(C(=O)NCCNC(=O)c3ccc(F)cc3F)cc2nc1C. The third kappa shape index (κ3) is 4.28. The normalized spacial score (nSPS) is 10.7. The summed E-state index contributed by atoms with van der Waals surface area (Å²) in [6, 6.07) is 7.74. The zero-order valence-corrected chi connectivity index (χ0v) is 15.3. The smallest absolute Gasteiger partial charge is 0.254 e. The number of carbonyl (C=O) groups is 2. The Morgan fingerprint density at radius 3 is 2.18 bits per heavy atom. The average molecular weight is 384 g/mol. The second-order valence-electron chi connectivity index (χ2n) is 6.23. The van der Waals surface area contributed by atoms with Gasteiger partial charge in [-0.2, -0.15) is 0 Å². The van der Waals surface area contributed by atoms with E-state index in [1.165, 1.54) is 0 Å². The Hall–Kier alpha value is -3.42. The van der Waals surface area contributed by atoms with Gasteiger partial charge in [0.2, 0.25) is 0 Å². The van der Waals surface area contributed by atoms with Crippen molar-refractivity contribution in [2.75, 3.05) is 13.1 Å². The van der Waals surface area contributed by atoms with Crippen LogP contribution < -0.4 is 10.6 Å². The van der Waals surface area contributed by atoms with Crippen LogP contribution in [-0.4, -0.2) is 34.9 Å². The van der Waals surface area contributed by atoms with Crippen LogP contribution in [0.15, 0.2) is 36.4 Å². The summed E-state index contributed by atoms with van der Waals surface area (Å²) >= 11 is 0. The maximum atomic E-state index is 13.6. The number of rotatable bonds is 5. The highest BCUT2D eigenvalue weighted by Gasteiger charge is 2.12. The molecule has 0 fully saturated rings. The maximum absolute atomic E-state index is 13.6. The van der Waals surface area contributed by atoms with E-state index in [1.807, 2.05) is 13.8 Å². The summed E-state index contributed by atoms with van der Waals surface area (Å²) in [6.07, 6.45) is 0. The lowest BCUT2D eigenvalue weighted by atomic mass is 10.1. The largest absolute Gasteiger partial charge is 0.350 e. The molecule has 3 aromatic rings. The van der Waals surface area contributed by atoms with Crippen LogP contribution in [-0.2, 0) is 0 Å². The third-order valence-electron chi connectivity index (χ3n) is 4.21. The van der Waals surface area contributed by atoms with Crippen LogP contribution in [0, 0.1) is 25.5 Å². The molecule has 28 heavy (non-hydrogen) atoms. The minimum Gasteiger partial charge on any atom is -0.350 e. The van der Waals surface area contributed by atoms with Gasteiger partial charge in [-0.1, -0.05) is 0 Å². The Morgan fingerprint density at radius 2 is 1.50 bits per heavy atom. The van der Waals surface area contributed by atoms with Crippen molar-refractivity contribution in [3.05, 3.63) is 70.5 Å². The van der Waals surface area contributed by atoms with Crippen molar-refractivity contribution in [3.8, 4) is 0 Å². The lowest BCUT2D eigenvalue weighted by Crippen LogP contribution is -2.35. The Labute approximate surface area is 160 Å². The van der Waals surface area contributed by atoms with E-state index >= 15 is 0 Å². The second-order valence-corrected chi connectivity index (χ2v) is 6.23. The summed E-state index contributed by atoms with van der Waals surface area (Å²) in [6.45, 7) is 3.95. The van der Waals surface area contributed by atoms with Gasteiger partial charge in [-0.3, -0.25) is 9.59 Å². The Morgan fingerprint density at radius 1 is 0.857 bits per heavy atom. The van der Waals surface area contributed by atoms with Gasteiger partial charge in [-0.15, -0.1) is 0 Å². The van der Waals surface area contributed by atoms with Crippen molar-refractivity contribution in [2.45, 2.75) is 13.8 Å². The van der Waals surface area contributed by atoms with E-state index in [4.69, 9.17) is 0 Å². The van der Waals surface area contributed by atoms with E-state index in [9.17, 15) is 18.4 Å². The van der Waals surface area contributed by atoms with Gasteiger partial charge < -0.3 is 10.6 Å². The van der Waals surface area contributed by atoms with Crippen LogP contribution in [0.1, 0.15) is 32.1 Å². The number of benzene rings is 2. The van der Waals surface area contributed by atoms with Gasteiger partial charge in [0.15, 0.2) is 0 Å². The minimum atomic E-state index is -0.940. The fourth-order valence-electron chi connectivity index (χ4n) is 2.59. The molecule has 2 N–H and O–H groups in total. The third-order valence-corrected chi connectivity index (χ3v) is 4.21. The first-order chi connectivity index (χ1) is 13.3. The van der Waals surface area contributed by atoms with Crippen LogP contribution in [0.5, 0.6) is 0 Å². The summed E-state index contributed by atoms with van der Waals surface area (Å²) in [4.78, 5) is 33.0. The minimum absolute atomic E-state index is 0.0904. The monoisotopic (exact) mass is 384 g/mol. The number of nitrogens with zero attached hydrogens (tertiary/aromatic N) is 2. The van der Waals surface area contributed by atoms with Crippen molar-refractivity contribution in [1.29, 1.82) is 0 Å². The summed E-state index contributed by atoms with van der Waals surface area (Å²) in [7, 11) is 0. The number of fused-ring (bicyclic) bond motifs is 1. The van der Waals surface area contributed by atoms with Gasteiger partial charge in [0.05, 0.1) is 28.0 Å². The highest BCUT2D eigenvalue weighted by atomic mass is 19.1. The molecule has 0 atom stereocenters. The molecular formula is C20H18F2N4O2. The van der Waals surface area contributed by atoms with Gasteiger partial charge in [0.1, 0.15) is 11.6 Å². The molecule has 6 nitrogen and oxygen atoms in total. The Balaban J connectivity index is 1.56.